The molecule has 0 saturated heterocycles. The zero-order valence-electron chi connectivity index (χ0n) is 26.8. The molecule has 1 aromatic rings. The van der Waals surface area contributed by atoms with Crippen molar-refractivity contribution in [2.75, 3.05) is 11.9 Å². The van der Waals surface area contributed by atoms with Gasteiger partial charge in [-0.2, -0.15) is 0 Å². The Labute approximate surface area is 275 Å². The van der Waals surface area contributed by atoms with Crippen LogP contribution in [0.5, 0.6) is 0 Å². The van der Waals surface area contributed by atoms with E-state index in [4.69, 9.17) is 4.74 Å². The van der Waals surface area contributed by atoms with Gasteiger partial charge in [0.05, 0.1) is 0 Å². The van der Waals surface area contributed by atoms with Crippen molar-refractivity contribution in [1.82, 2.24) is 20.9 Å². The second-order valence-corrected chi connectivity index (χ2v) is 11.4. The van der Waals surface area contributed by atoms with E-state index in [-0.39, 0.29) is 37.6 Å². The van der Waals surface area contributed by atoms with Gasteiger partial charge in [-0.25, -0.2) is 0 Å². The summed E-state index contributed by atoms with van der Waals surface area (Å²) in [6.45, 7) is 5.85. The van der Waals surface area contributed by atoms with Gasteiger partial charge in [0.1, 0.15) is 24.7 Å². The van der Waals surface area contributed by atoms with E-state index in [2.05, 4.69) is 21.3 Å². The molecule has 3 atom stereocenters. The number of carboxylic acid groups (broad SMARTS) is 2. The summed E-state index contributed by atoms with van der Waals surface area (Å²) in [6, 6.07) is 1.84. The van der Waals surface area contributed by atoms with Crippen LogP contribution in [0, 0.1) is 11.8 Å². The number of carbonyl (C=O) groups excluding carboxylic acids is 7. The molecule has 17 heteroatoms. The number of hydrogen-bond acceptors (Lipinski definition) is 10. The topological polar surface area (TPSA) is 255 Å². The fourth-order valence-corrected chi connectivity index (χ4v) is 4.38. The summed E-state index contributed by atoms with van der Waals surface area (Å²) in [5, 5.41) is 28.5. The number of carbonyl (C=O) groups is 9. The number of nitrogens with one attached hydrogen (secondary N) is 4. The molecule has 0 aliphatic carbocycles. The van der Waals surface area contributed by atoms with Gasteiger partial charge in [0.2, 0.25) is 23.6 Å². The number of ether oxygens (including phenoxy) is 1. The molecule has 0 spiro atoms. The minimum absolute atomic E-state index is 0.0230. The maximum Gasteiger partial charge on any atom is 0.317 e. The second-order valence-electron chi connectivity index (χ2n) is 11.4. The van der Waals surface area contributed by atoms with Crippen LogP contribution in [-0.4, -0.2) is 93.1 Å². The number of rotatable bonds is 18. The quantitative estimate of drug-likeness (QED) is 0.0667. The van der Waals surface area contributed by atoms with Crippen molar-refractivity contribution in [2.24, 2.45) is 11.8 Å². The number of hydrogen-bond donors (Lipinski definition) is 6. The SMILES string of the molecule is CC(=O)OCc1ccc(NC(=O)[C@H](CC(C(=O)O)C(=O)O)NC(=O)[C@H](C)NC(=O)[C@@H](CC(C)C)NC(=O)CCN2C(=O)C=CC2=O)cc1. The second kappa shape index (κ2) is 17.9. The van der Waals surface area contributed by atoms with Gasteiger partial charge in [-0.15, -0.1) is 0 Å². The summed E-state index contributed by atoms with van der Waals surface area (Å²) < 4.78 is 4.90. The van der Waals surface area contributed by atoms with Crippen LogP contribution >= 0.6 is 0 Å². The first-order valence-electron chi connectivity index (χ1n) is 14.9. The number of imide groups is 1. The molecule has 6 N–H and O–H groups in total. The van der Waals surface area contributed by atoms with Gasteiger partial charge in [0.25, 0.3) is 11.8 Å². The molecule has 1 heterocycles. The molecular weight excluding hydrogens is 634 g/mol. The number of anilines is 1. The molecule has 1 aliphatic heterocycles. The summed E-state index contributed by atoms with van der Waals surface area (Å²) in [5.41, 5.74) is 0.798. The van der Waals surface area contributed by atoms with Crippen molar-refractivity contribution in [2.45, 2.75) is 71.7 Å². The summed E-state index contributed by atoms with van der Waals surface area (Å²) in [4.78, 5) is 111. The number of aliphatic carboxylic acids is 2. The Balaban J connectivity index is 2.11. The first-order chi connectivity index (χ1) is 22.5. The van der Waals surface area contributed by atoms with E-state index in [1.165, 1.54) is 38.1 Å². The predicted molar refractivity (Wildman–Crippen MR) is 165 cm³/mol. The highest BCUT2D eigenvalue weighted by molar-refractivity contribution is 6.13. The molecule has 48 heavy (non-hydrogen) atoms. The number of amides is 6. The Hall–Kier alpha value is -5.61. The molecule has 17 nitrogen and oxygen atoms in total. The lowest BCUT2D eigenvalue weighted by molar-refractivity contribution is -0.155. The third kappa shape index (κ3) is 12.3. The van der Waals surface area contributed by atoms with Crippen LogP contribution < -0.4 is 21.3 Å². The highest BCUT2D eigenvalue weighted by Crippen LogP contribution is 2.15. The van der Waals surface area contributed by atoms with Gasteiger partial charge in [0, 0.05) is 44.1 Å². The smallest absolute Gasteiger partial charge is 0.317 e. The average Bonchev–Trinajstić information content (AvgIpc) is 3.32. The Morgan fingerprint density at radius 3 is 1.85 bits per heavy atom. The maximum atomic E-state index is 13.2. The van der Waals surface area contributed by atoms with Crippen molar-refractivity contribution in [3.8, 4) is 0 Å². The number of esters is 1. The summed E-state index contributed by atoms with van der Waals surface area (Å²) in [5.74, 6) is -10.6. The van der Waals surface area contributed by atoms with Crippen molar-refractivity contribution in [1.29, 1.82) is 0 Å². The zero-order valence-corrected chi connectivity index (χ0v) is 26.8. The minimum atomic E-state index is -2.07. The summed E-state index contributed by atoms with van der Waals surface area (Å²) in [6.07, 6.45) is 1.18. The molecule has 0 bridgehead atoms. The van der Waals surface area contributed by atoms with E-state index in [0.717, 1.165) is 17.1 Å². The van der Waals surface area contributed by atoms with Crippen molar-refractivity contribution in [3.05, 3.63) is 42.0 Å². The molecule has 0 aromatic heterocycles. The van der Waals surface area contributed by atoms with Crippen LogP contribution in [0.3, 0.4) is 0 Å². The van der Waals surface area contributed by atoms with Crippen LogP contribution in [0.4, 0.5) is 5.69 Å². The molecule has 6 amide bonds. The molecule has 2 rings (SSSR count). The lowest BCUT2D eigenvalue weighted by atomic mass is 9.98. The molecule has 1 aliphatic rings. The van der Waals surface area contributed by atoms with Gasteiger partial charge in [-0.05, 0) is 37.0 Å². The van der Waals surface area contributed by atoms with Gasteiger partial charge < -0.3 is 36.2 Å². The first kappa shape index (κ1) is 38.6. The Morgan fingerprint density at radius 2 is 1.33 bits per heavy atom. The number of carboxylic acids is 2. The number of nitrogens with zero attached hydrogens (tertiary/aromatic N) is 1. The number of benzene rings is 1. The van der Waals surface area contributed by atoms with Gasteiger partial charge in [-0.3, -0.25) is 48.1 Å². The van der Waals surface area contributed by atoms with Crippen LogP contribution in [0.25, 0.3) is 0 Å². The fraction of sp³-hybridized carbons (Fsp3) is 0.452. The van der Waals surface area contributed by atoms with E-state index >= 15 is 0 Å². The predicted octanol–water partition coefficient (Wildman–Crippen LogP) is -0.301. The highest BCUT2D eigenvalue weighted by Gasteiger charge is 2.35. The Morgan fingerprint density at radius 1 is 0.771 bits per heavy atom. The van der Waals surface area contributed by atoms with E-state index in [9.17, 15) is 53.4 Å². The minimum Gasteiger partial charge on any atom is -0.481 e. The normalized spacial score (nSPS) is 14.2. The Kier molecular flexibility index (Phi) is 14.4. The standard InChI is InChI=1S/C31H39N5O12/c1-16(2)13-22(34-24(38)11-12-36-25(39)9-10-26(36)40)28(42)32-17(3)27(41)35-23(14-21(30(44)45)31(46)47)29(43)33-20-7-5-19(6-8-20)15-48-18(4)37/h5-10,16-17,21-23H,11-15H2,1-4H3,(H,32,42)(H,33,43)(H,34,38)(H,35,41)(H,44,45)(H,46,47)/t17-,22+,23-/m0/s1. The third-order valence-electron chi connectivity index (χ3n) is 6.94. The van der Waals surface area contributed by atoms with E-state index in [1.807, 2.05) is 0 Å². The van der Waals surface area contributed by atoms with Crippen LogP contribution in [0.15, 0.2) is 36.4 Å². The van der Waals surface area contributed by atoms with Crippen molar-refractivity contribution in [3.63, 3.8) is 0 Å². The van der Waals surface area contributed by atoms with E-state index < -0.39 is 83.8 Å². The summed E-state index contributed by atoms with van der Waals surface area (Å²) in [7, 11) is 0. The fourth-order valence-electron chi connectivity index (χ4n) is 4.38. The molecule has 0 unspecified atom stereocenters. The van der Waals surface area contributed by atoms with Crippen LogP contribution in [0.2, 0.25) is 0 Å². The molecule has 1 aromatic carbocycles. The molecule has 260 valence electrons. The lowest BCUT2D eigenvalue weighted by Gasteiger charge is -2.25. The Bertz CT molecular complexity index is 1420. The van der Waals surface area contributed by atoms with Crippen molar-refractivity contribution < 1.29 is 58.1 Å². The van der Waals surface area contributed by atoms with E-state index in [1.54, 1.807) is 13.8 Å². The average molecular weight is 674 g/mol. The van der Waals surface area contributed by atoms with Gasteiger partial charge in [0.15, 0.2) is 5.92 Å². The first-order valence-corrected chi connectivity index (χ1v) is 14.9. The van der Waals surface area contributed by atoms with Crippen LogP contribution in [-0.2, 0) is 54.5 Å². The maximum absolute atomic E-state index is 13.2. The summed E-state index contributed by atoms with van der Waals surface area (Å²) >= 11 is 0. The molecule has 0 saturated carbocycles. The lowest BCUT2D eigenvalue weighted by Crippen LogP contribution is -2.56. The van der Waals surface area contributed by atoms with Gasteiger partial charge >= 0.3 is 17.9 Å². The molecule has 0 fully saturated rings. The van der Waals surface area contributed by atoms with Gasteiger partial charge in [-0.1, -0.05) is 26.0 Å². The largest absolute Gasteiger partial charge is 0.481 e. The van der Waals surface area contributed by atoms with E-state index in [0.29, 0.717) is 5.56 Å². The molecule has 0 radical (unpaired) electrons. The monoisotopic (exact) mass is 673 g/mol. The third-order valence-corrected chi connectivity index (χ3v) is 6.94. The van der Waals surface area contributed by atoms with Crippen LogP contribution in [0.1, 0.15) is 52.5 Å². The molecular formula is C31H39N5O12. The zero-order chi connectivity index (χ0) is 36.1. The highest BCUT2D eigenvalue weighted by atomic mass is 16.5. The van der Waals surface area contributed by atoms with Crippen molar-refractivity contribution >= 4 is 59.0 Å².